The fourth-order valence-electron chi connectivity index (χ4n) is 2.94. The molecule has 8 heteroatoms. The number of carbonyl (C=O) groups is 3. The third-order valence-corrected chi connectivity index (χ3v) is 6.48. The van der Waals surface area contributed by atoms with Gasteiger partial charge in [-0.1, -0.05) is 6.07 Å². The molecule has 1 aromatic carbocycles. The number of rotatable bonds is 4. The van der Waals surface area contributed by atoms with E-state index in [9.17, 15) is 14.4 Å². The summed E-state index contributed by atoms with van der Waals surface area (Å²) in [5, 5.41) is 4.80. The van der Waals surface area contributed by atoms with Crippen LogP contribution in [0.1, 0.15) is 22.5 Å². The highest BCUT2D eigenvalue weighted by Crippen LogP contribution is 2.25. The Morgan fingerprint density at radius 3 is 2.36 bits per heavy atom. The smallest absolute Gasteiger partial charge is 0.285 e. The molecule has 0 radical (unpaired) electrons. The van der Waals surface area contributed by atoms with Gasteiger partial charge in [-0.05, 0) is 60.3 Å². The molecular weight excluding hydrogens is 394 g/mol. The highest BCUT2D eigenvalue weighted by atomic mass is 32.2. The minimum atomic E-state index is -0.100. The van der Waals surface area contributed by atoms with Gasteiger partial charge in [0.15, 0.2) is 0 Å². The highest BCUT2D eigenvalue weighted by Gasteiger charge is 2.28. The number of hydrogen-bond acceptors (Lipinski definition) is 5. The van der Waals surface area contributed by atoms with E-state index in [0.29, 0.717) is 31.6 Å². The van der Waals surface area contributed by atoms with Crippen LogP contribution in [-0.4, -0.2) is 54.0 Å². The lowest BCUT2D eigenvalue weighted by Crippen LogP contribution is -2.41. The fraction of sp³-hybridized carbons (Fsp3) is 0.350. The molecule has 0 spiro atoms. The number of benzene rings is 1. The van der Waals surface area contributed by atoms with Crippen molar-refractivity contribution in [2.45, 2.75) is 17.7 Å². The zero-order chi connectivity index (χ0) is 20.1. The van der Waals surface area contributed by atoms with E-state index in [0.717, 1.165) is 21.5 Å². The zero-order valence-corrected chi connectivity index (χ0v) is 17.5. The van der Waals surface area contributed by atoms with Crippen molar-refractivity contribution >= 4 is 45.8 Å². The van der Waals surface area contributed by atoms with Crippen molar-refractivity contribution in [2.24, 2.45) is 5.92 Å². The first-order valence-corrected chi connectivity index (χ1v) is 10.8. The zero-order valence-electron chi connectivity index (χ0n) is 15.9. The average Bonchev–Trinajstić information content (AvgIpc) is 3.23. The Hall–Kier alpha value is -2.32. The molecule has 1 saturated heterocycles. The van der Waals surface area contributed by atoms with Gasteiger partial charge in [0.25, 0.3) is 11.1 Å². The van der Waals surface area contributed by atoms with E-state index in [1.807, 2.05) is 34.5 Å². The summed E-state index contributed by atoms with van der Waals surface area (Å²) in [6.07, 6.45) is 1.32. The molecule has 1 aliphatic rings. The van der Waals surface area contributed by atoms with Gasteiger partial charge in [-0.2, -0.15) is 0 Å². The highest BCUT2D eigenvalue weighted by molar-refractivity contribution is 8.13. The first-order chi connectivity index (χ1) is 13.4. The van der Waals surface area contributed by atoms with Crippen LogP contribution in [0.5, 0.6) is 0 Å². The predicted molar refractivity (Wildman–Crippen MR) is 113 cm³/mol. The molecule has 2 heterocycles. The first kappa shape index (κ1) is 20.4. The Bertz CT molecular complexity index is 827. The number of piperidine rings is 1. The number of hydrogen-bond donors (Lipinski definition) is 1. The van der Waals surface area contributed by atoms with E-state index in [-0.39, 0.29) is 23.0 Å². The maximum Gasteiger partial charge on any atom is 0.285 e. The number of amides is 3. The van der Waals surface area contributed by atoms with Gasteiger partial charge in [-0.3, -0.25) is 14.4 Å². The molecule has 1 aromatic heterocycles. The first-order valence-electron chi connectivity index (χ1n) is 9.07. The molecule has 0 saturated carbocycles. The van der Waals surface area contributed by atoms with Gasteiger partial charge in [0, 0.05) is 43.7 Å². The summed E-state index contributed by atoms with van der Waals surface area (Å²) in [5.74, 6) is -0.0704. The van der Waals surface area contributed by atoms with Gasteiger partial charge in [0.2, 0.25) is 5.91 Å². The van der Waals surface area contributed by atoms with Crippen LogP contribution >= 0.6 is 23.1 Å². The number of thioether (sulfide) groups is 1. The lowest BCUT2D eigenvalue weighted by Gasteiger charge is -2.31. The largest absolute Gasteiger partial charge is 0.339 e. The number of anilines is 1. The molecule has 0 bridgehead atoms. The summed E-state index contributed by atoms with van der Waals surface area (Å²) in [6.45, 7) is 1.19. The number of carbonyl (C=O) groups excluding carboxylic acids is 3. The van der Waals surface area contributed by atoms with Crippen LogP contribution < -0.4 is 5.32 Å². The summed E-state index contributed by atoms with van der Waals surface area (Å²) < 4.78 is 0. The van der Waals surface area contributed by atoms with Crippen LogP contribution in [0.25, 0.3) is 0 Å². The number of nitrogens with zero attached hydrogens (tertiary/aromatic N) is 2. The van der Waals surface area contributed by atoms with Gasteiger partial charge in [0.1, 0.15) is 0 Å². The van der Waals surface area contributed by atoms with Crippen LogP contribution in [0.2, 0.25) is 0 Å². The lowest BCUT2D eigenvalue weighted by molar-refractivity contribution is -0.121. The number of thiophene rings is 1. The second-order valence-electron chi connectivity index (χ2n) is 6.82. The minimum absolute atomic E-state index is 0.0204. The van der Waals surface area contributed by atoms with Gasteiger partial charge < -0.3 is 15.1 Å². The second kappa shape index (κ2) is 9.25. The molecule has 2 aromatic rings. The van der Waals surface area contributed by atoms with E-state index in [2.05, 4.69) is 5.32 Å². The molecule has 0 aliphatic carbocycles. The predicted octanol–water partition coefficient (Wildman–Crippen LogP) is 4.01. The van der Waals surface area contributed by atoms with Crippen LogP contribution in [0, 0.1) is 5.92 Å². The molecule has 0 unspecified atom stereocenters. The Morgan fingerprint density at radius 1 is 1.11 bits per heavy atom. The third-order valence-electron chi connectivity index (χ3n) is 4.58. The van der Waals surface area contributed by atoms with Gasteiger partial charge in [0.05, 0.1) is 4.88 Å². The maximum absolute atomic E-state index is 12.5. The Balaban J connectivity index is 1.49. The van der Waals surface area contributed by atoms with Crippen LogP contribution in [-0.2, 0) is 4.79 Å². The Kier molecular flexibility index (Phi) is 6.74. The summed E-state index contributed by atoms with van der Waals surface area (Å²) in [4.78, 5) is 41.6. The Morgan fingerprint density at radius 2 is 1.79 bits per heavy atom. The van der Waals surface area contributed by atoms with Crippen molar-refractivity contribution in [3.63, 3.8) is 0 Å². The Labute approximate surface area is 172 Å². The molecule has 28 heavy (non-hydrogen) atoms. The average molecular weight is 418 g/mol. The van der Waals surface area contributed by atoms with Gasteiger partial charge in [-0.25, -0.2) is 0 Å². The molecule has 148 valence electrons. The van der Waals surface area contributed by atoms with Crippen molar-refractivity contribution in [1.29, 1.82) is 0 Å². The number of nitrogens with one attached hydrogen (secondary N) is 1. The third kappa shape index (κ3) is 5.14. The van der Waals surface area contributed by atoms with E-state index in [1.54, 1.807) is 26.2 Å². The van der Waals surface area contributed by atoms with Crippen molar-refractivity contribution < 1.29 is 14.4 Å². The molecule has 0 atom stereocenters. The van der Waals surface area contributed by atoms with E-state index in [1.165, 1.54) is 16.2 Å². The van der Waals surface area contributed by atoms with Crippen molar-refractivity contribution in [3.05, 3.63) is 46.7 Å². The summed E-state index contributed by atoms with van der Waals surface area (Å²) in [7, 11) is 3.42. The van der Waals surface area contributed by atoms with Crippen LogP contribution in [0.15, 0.2) is 46.7 Å². The lowest BCUT2D eigenvalue weighted by atomic mass is 9.95. The number of likely N-dealkylation sites (tertiary alicyclic amines) is 1. The quantitative estimate of drug-likeness (QED) is 0.763. The van der Waals surface area contributed by atoms with Gasteiger partial charge >= 0.3 is 0 Å². The summed E-state index contributed by atoms with van der Waals surface area (Å²) >= 11 is 2.59. The van der Waals surface area contributed by atoms with E-state index >= 15 is 0 Å². The van der Waals surface area contributed by atoms with Crippen molar-refractivity contribution in [1.82, 2.24) is 9.80 Å². The molecule has 1 aliphatic heterocycles. The van der Waals surface area contributed by atoms with Crippen LogP contribution in [0.3, 0.4) is 0 Å². The molecule has 1 fully saturated rings. The standard InChI is InChI=1S/C20H23N3O3S2/c1-22(2)20(26)28-16-7-5-15(6-8-16)21-18(24)14-9-11-23(12-10-14)19(25)17-4-3-13-27-17/h3-8,13-14H,9-12H2,1-2H3,(H,21,24). The molecule has 3 rings (SSSR count). The maximum atomic E-state index is 12.5. The topological polar surface area (TPSA) is 69.7 Å². The van der Waals surface area contributed by atoms with E-state index in [4.69, 9.17) is 0 Å². The summed E-state index contributed by atoms with van der Waals surface area (Å²) in [5.41, 5.74) is 0.712. The molecule has 3 amide bonds. The summed E-state index contributed by atoms with van der Waals surface area (Å²) in [6, 6.07) is 11.0. The van der Waals surface area contributed by atoms with Crippen LogP contribution in [0.4, 0.5) is 10.5 Å². The normalized spacial score (nSPS) is 14.6. The molecular formula is C20H23N3O3S2. The van der Waals surface area contributed by atoms with Gasteiger partial charge in [-0.15, -0.1) is 11.3 Å². The van der Waals surface area contributed by atoms with Crippen molar-refractivity contribution in [2.75, 3.05) is 32.5 Å². The van der Waals surface area contributed by atoms with E-state index < -0.39 is 0 Å². The monoisotopic (exact) mass is 417 g/mol. The fourth-order valence-corrected chi connectivity index (χ4v) is 4.29. The second-order valence-corrected chi connectivity index (χ2v) is 8.79. The minimum Gasteiger partial charge on any atom is -0.339 e. The SMILES string of the molecule is CN(C)C(=O)Sc1ccc(NC(=O)C2CCN(C(=O)c3cccs3)CC2)cc1. The molecule has 6 nitrogen and oxygen atoms in total. The van der Waals surface area contributed by atoms with Crippen molar-refractivity contribution in [3.8, 4) is 0 Å². The molecule has 1 N–H and O–H groups in total.